The van der Waals surface area contributed by atoms with Gasteiger partial charge in [-0.3, -0.25) is 4.79 Å². The van der Waals surface area contributed by atoms with Gasteiger partial charge in [-0.2, -0.15) is 4.39 Å². The van der Waals surface area contributed by atoms with Crippen molar-refractivity contribution in [3.05, 3.63) is 65.1 Å². The van der Waals surface area contributed by atoms with Crippen LogP contribution in [0.5, 0.6) is 5.75 Å². The SMILES string of the molecule is CC(C)N1CCC2(CC1)OCc1cc(-c3cc(-c4ccc5c(c4)CCNC5=O)c(N)nc3F)ccc1O2. The largest absolute Gasteiger partial charge is 0.462 e. The summed E-state index contributed by atoms with van der Waals surface area (Å²) in [5, 5.41) is 2.85. The number of halogens is 1. The summed E-state index contributed by atoms with van der Waals surface area (Å²) in [6, 6.07) is 13.5. The number of nitrogens with one attached hydrogen (secondary N) is 1. The average Bonchev–Trinajstić information content (AvgIpc) is 2.89. The Bertz CT molecular complexity index is 1380. The minimum atomic E-state index is -0.631. The Hall–Kier alpha value is -3.49. The zero-order valence-corrected chi connectivity index (χ0v) is 21.1. The number of likely N-dealkylation sites (tertiary alicyclic amines) is 1. The van der Waals surface area contributed by atoms with Crippen LogP contribution in [0.25, 0.3) is 22.3 Å². The van der Waals surface area contributed by atoms with Crippen molar-refractivity contribution in [2.45, 2.75) is 51.5 Å². The quantitative estimate of drug-likeness (QED) is 0.512. The van der Waals surface area contributed by atoms with E-state index in [1.165, 1.54) is 0 Å². The average molecular weight is 503 g/mol. The van der Waals surface area contributed by atoms with E-state index in [9.17, 15) is 4.79 Å². The maximum atomic E-state index is 15.1. The number of ether oxygens (including phenoxy) is 2. The first-order valence-electron chi connectivity index (χ1n) is 12.9. The molecule has 4 heterocycles. The van der Waals surface area contributed by atoms with Gasteiger partial charge in [0.25, 0.3) is 5.91 Å². The second-order valence-corrected chi connectivity index (χ2v) is 10.4. The molecule has 0 radical (unpaired) electrons. The molecule has 192 valence electrons. The molecule has 8 heteroatoms. The number of nitrogens with two attached hydrogens (primary N) is 1. The lowest BCUT2D eigenvalue weighted by Crippen LogP contribution is -2.52. The van der Waals surface area contributed by atoms with Crippen molar-refractivity contribution in [1.29, 1.82) is 0 Å². The summed E-state index contributed by atoms with van der Waals surface area (Å²) in [6.45, 7) is 7.28. The van der Waals surface area contributed by atoms with Crippen LogP contribution in [0.2, 0.25) is 0 Å². The van der Waals surface area contributed by atoms with E-state index in [1.807, 2.05) is 30.3 Å². The molecule has 0 bridgehead atoms. The molecule has 3 aliphatic heterocycles. The van der Waals surface area contributed by atoms with Crippen LogP contribution in [0.4, 0.5) is 10.2 Å². The number of pyridine rings is 1. The van der Waals surface area contributed by atoms with Gasteiger partial charge in [0.05, 0.1) is 6.61 Å². The first-order chi connectivity index (χ1) is 17.8. The smallest absolute Gasteiger partial charge is 0.251 e. The van der Waals surface area contributed by atoms with Crippen molar-refractivity contribution in [1.82, 2.24) is 15.2 Å². The normalized spacial score (nSPS) is 18.8. The fraction of sp³-hybridized carbons (Fsp3) is 0.379. The van der Waals surface area contributed by atoms with E-state index in [0.717, 1.165) is 54.8 Å². The third-order valence-corrected chi connectivity index (χ3v) is 7.79. The van der Waals surface area contributed by atoms with Gasteiger partial charge in [-0.25, -0.2) is 4.98 Å². The van der Waals surface area contributed by atoms with Crippen LogP contribution in [0.15, 0.2) is 42.5 Å². The fourth-order valence-corrected chi connectivity index (χ4v) is 5.56. The van der Waals surface area contributed by atoms with E-state index in [-0.39, 0.29) is 11.7 Å². The van der Waals surface area contributed by atoms with Crippen LogP contribution < -0.4 is 15.8 Å². The molecule has 7 nitrogen and oxygen atoms in total. The topological polar surface area (TPSA) is 89.7 Å². The second-order valence-electron chi connectivity index (χ2n) is 10.4. The molecule has 1 amide bonds. The highest BCUT2D eigenvalue weighted by atomic mass is 19.1. The molecule has 37 heavy (non-hydrogen) atoms. The highest BCUT2D eigenvalue weighted by Gasteiger charge is 2.41. The lowest BCUT2D eigenvalue weighted by Gasteiger charge is -2.45. The van der Waals surface area contributed by atoms with Crippen LogP contribution in [0.1, 0.15) is 48.2 Å². The predicted molar refractivity (Wildman–Crippen MR) is 140 cm³/mol. The third-order valence-electron chi connectivity index (χ3n) is 7.79. The molecule has 3 aliphatic rings. The van der Waals surface area contributed by atoms with Gasteiger partial charge in [0.2, 0.25) is 11.7 Å². The molecule has 6 rings (SSSR count). The number of rotatable bonds is 3. The van der Waals surface area contributed by atoms with Gasteiger partial charge in [0, 0.05) is 60.8 Å². The number of hydrogen-bond acceptors (Lipinski definition) is 6. The van der Waals surface area contributed by atoms with Gasteiger partial charge >= 0.3 is 0 Å². The zero-order valence-electron chi connectivity index (χ0n) is 21.1. The van der Waals surface area contributed by atoms with E-state index < -0.39 is 11.7 Å². The van der Waals surface area contributed by atoms with E-state index in [2.05, 4.69) is 29.0 Å². The molecule has 0 saturated carbocycles. The maximum Gasteiger partial charge on any atom is 0.251 e. The fourth-order valence-electron chi connectivity index (χ4n) is 5.56. The Labute approximate surface area is 215 Å². The van der Waals surface area contributed by atoms with E-state index in [0.29, 0.717) is 41.4 Å². The van der Waals surface area contributed by atoms with E-state index >= 15 is 4.39 Å². The molecule has 1 saturated heterocycles. The zero-order chi connectivity index (χ0) is 25.7. The van der Waals surface area contributed by atoms with Gasteiger partial charge in [-0.1, -0.05) is 18.2 Å². The van der Waals surface area contributed by atoms with E-state index in [1.54, 1.807) is 12.1 Å². The number of nitrogens with zero attached hydrogens (tertiary/aromatic N) is 2. The maximum absolute atomic E-state index is 15.1. The van der Waals surface area contributed by atoms with Gasteiger partial charge in [0.1, 0.15) is 11.6 Å². The van der Waals surface area contributed by atoms with Crippen LogP contribution in [-0.4, -0.2) is 47.3 Å². The molecular formula is C29H31FN4O3. The minimum Gasteiger partial charge on any atom is -0.462 e. The molecule has 1 aromatic heterocycles. The van der Waals surface area contributed by atoms with Crippen LogP contribution in [0, 0.1) is 5.95 Å². The standard InChI is InChI=1S/C29H31FN4O3/c1-17(2)34-11-8-29(9-12-34)36-16-21-14-18(4-6-25(21)37-29)23-15-24(27(31)33-26(23)30)19-3-5-22-20(13-19)7-10-32-28(22)35/h3-6,13-15,17H,7-12,16H2,1-2H3,(H2,31,33)(H,32,35). The summed E-state index contributed by atoms with van der Waals surface area (Å²) in [4.78, 5) is 18.6. The van der Waals surface area contributed by atoms with E-state index in [4.69, 9.17) is 15.2 Å². The Kier molecular flexibility index (Phi) is 5.88. The number of anilines is 1. The minimum absolute atomic E-state index is 0.0792. The molecule has 0 aliphatic carbocycles. The van der Waals surface area contributed by atoms with Gasteiger partial charge in [0.15, 0.2) is 0 Å². The number of hydrogen-bond donors (Lipinski definition) is 2. The number of amides is 1. The second kappa shape index (κ2) is 9.11. The summed E-state index contributed by atoms with van der Waals surface area (Å²) < 4.78 is 27.7. The molecule has 3 aromatic rings. The van der Waals surface area contributed by atoms with Crippen LogP contribution in [0.3, 0.4) is 0 Å². The number of carbonyl (C=O) groups is 1. The van der Waals surface area contributed by atoms with Crippen LogP contribution in [-0.2, 0) is 17.8 Å². The van der Waals surface area contributed by atoms with Crippen molar-refractivity contribution in [3.8, 4) is 28.0 Å². The van der Waals surface area contributed by atoms with Crippen molar-refractivity contribution in [2.24, 2.45) is 0 Å². The third kappa shape index (κ3) is 4.34. The molecule has 3 N–H and O–H groups in total. The van der Waals surface area contributed by atoms with Crippen molar-refractivity contribution < 1.29 is 18.7 Å². The molecule has 0 unspecified atom stereocenters. The molecule has 1 spiro atoms. The van der Waals surface area contributed by atoms with Gasteiger partial charge in [-0.05, 0) is 61.2 Å². The van der Waals surface area contributed by atoms with Crippen molar-refractivity contribution in [2.75, 3.05) is 25.4 Å². The molecule has 2 aromatic carbocycles. The summed E-state index contributed by atoms with van der Waals surface area (Å²) >= 11 is 0. The number of aromatic nitrogens is 1. The summed E-state index contributed by atoms with van der Waals surface area (Å²) in [6.07, 6.45) is 2.36. The highest BCUT2D eigenvalue weighted by molar-refractivity contribution is 5.97. The first-order valence-corrected chi connectivity index (χ1v) is 12.9. The first kappa shape index (κ1) is 23.9. The Balaban J connectivity index is 1.29. The number of piperidine rings is 1. The lowest BCUT2D eigenvalue weighted by atomic mass is 9.93. The molecule has 0 atom stereocenters. The lowest BCUT2D eigenvalue weighted by molar-refractivity contribution is -0.229. The monoisotopic (exact) mass is 502 g/mol. The number of nitrogen functional groups attached to an aromatic ring is 1. The summed E-state index contributed by atoms with van der Waals surface area (Å²) in [5.41, 5.74) is 11.1. The number of fused-ring (bicyclic) bond motifs is 2. The Morgan fingerprint density at radius 3 is 2.54 bits per heavy atom. The Morgan fingerprint density at radius 1 is 1.03 bits per heavy atom. The summed E-state index contributed by atoms with van der Waals surface area (Å²) in [7, 11) is 0. The van der Waals surface area contributed by atoms with Crippen LogP contribution >= 0.6 is 0 Å². The van der Waals surface area contributed by atoms with Gasteiger partial charge in [-0.15, -0.1) is 0 Å². The number of carbonyl (C=O) groups excluding carboxylic acids is 1. The van der Waals surface area contributed by atoms with Crippen molar-refractivity contribution in [3.63, 3.8) is 0 Å². The number of benzene rings is 2. The Morgan fingerprint density at radius 2 is 1.76 bits per heavy atom. The molecule has 1 fully saturated rings. The molecular weight excluding hydrogens is 471 g/mol. The van der Waals surface area contributed by atoms with Crippen molar-refractivity contribution >= 4 is 11.7 Å². The van der Waals surface area contributed by atoms with Gasteiger partial charge < -0.3 is 25.4 Å². The summed E-state index contributed by atoms with van der Waals surface area (Å²) in [5.74, 6) is -0.409. The highest BCUT2D eigenvalue weighted by Crippen LogP contribution is 2.40. The predicted octanol–water partition coefficient (Wildman–Crippen LogP) is 4.53.